The van der Waals surface area contributed by atoms with Crippen LogP contribution in [0.1, 0.15) is 27.2 Å². The quantitative estimate of drug-likeness (QED) is 0.671. The zero-order chi connectivity index (χ0) is 10.9. The number of likely N-dealkylation sites (tertiary alicyclic amines) is 1. The van der Waals surface area contributed by atoms with E-state index in [0.29, 0.717) is 19.0 Å². The minimum Gasteiger partial charge on any atom is -0.465 e. The molecule has 1 unspecified atom stereocenters. The fourth-order valence-corrected chi connectivity index (χ4v) is 2.49. The van der Waals surface area contributed by atoms with Crippen LogP contribution in [-0.4, -0.2) is 35.2 Å². The SMILES string of the molecule is CC(C)(C)[C@H]1C(CN)CCN1C(=O)O. The minimum absolute atomic E-state index is 0.0288. The van der Waals surface area contributed by atoms with E-state index >= 15 is 0 Å². The van der Waals surface area contributed by atoms with Gasteiger partial charge in [-0.05, 0) is 24.3 Å². The first-order valence-electron chi connectivity index (χ1n) is 5.07. The molecule has 0 aliphatic carbocycles. The van der Waals surface area contributed by atoms with E-state index in [2.05, 4.69) is 20.8 Å². The fraction of sp³-hybridized carbons (Fsp3) is 0.900. The van der Waals surface area contributed by atoms with Gasteiger partial charge >= 0.3 is 6.09 Å². The third-order valence-corrected chi connectivity index (χ3v) is 2.96. The smallest absolute Gasteiger partial charge is 0.407 e. The zero-order valence-electron chi connectivity index (χ0n) is 9.16. The average Bonchev–Trinajstić information content (AvgIpc) is 2.45. The van der Waals surface area contributed by atoms with Crippen LogP contribution in [-0.2, 0) is 0 Å². The summed E-state index contributed by atoms with van der Waals surface area (Å²) in [6.45, 7) is 7.41. The molecule has 0 aromatic heterocycles. The standard InChI is InChI=1S/C10H20N2O2/c1-10(2,3)8-7(6-11)4-5-12(8)9(13)14/h7-8H,4-6,11H2,1-3H3,(H,13,14)/t7?,8-/m1/s1. The molecule has 1 aliphatic heterocycles. The third-order valence-electron chi connectivity index (χ3n) is 2.96. The van der Waals surface area contributed by atoms with Gasteiger partial charge < -0.3 is 15.7 Å². The van der Waals surface area contributed by atoms with Crippen LogP contribution >= 0.6 is 0 Å². The molecule has 82 valence electrons. The van der Waals surface area contributed by atoms with Crippen LogP contribution in [0.5, 0.6) is 0 Å². The van der Waals surface area contributed by atoms with Gasteiger partial charge in [0.2, 0.25) is 0 Å². The first-order valence-corrected chi connectivity index (χ1v) is 5.07. The summed E-state index contributed by atoms with van der Waals surface area (Å²) in [6, 6.07) is 0.0602. The molecule has 0 bridgehead atoms. The highest BCUT2D eigenvalue weighted by Crippen LogP contribution is 2.36. The molecule has 1 amide bonds. The highest BCUT2D eigenvalue weighted by molar-refractivity contribution is 5.66. The van der Waals surface area contributed by atoms with E-state index < -0.39 is 6.09 Å². The molecule has 0 aromatic rings. The molecule has 14 heavy (non-hydrogen) atoms. The molecule has 0 spiro atoms. The maximum atomic E-state index is 11.0. The predicted octanol–water partition coefficient (Wildman–Crippen LogP) is 1.36. The minimum atomic E-state index is -0.819. The molecule has 1 rings (SSSR count). The van der Waals surface area contributed by atoms with Crippen LogP contribution in [0.3, 0.4) is 0 Å². The van der Waals surface area contributed by atoms with Crippen molar-refractivity contribution in [3.05, 3.63) is 0 Å². The third kappa shape index (κ3) is 2.00. The lowest BCUT2D eigenvalue weighted by atomic mass is 9.79. The summed E-state index contributed by atoms with van der Waals surface area (Å²) in [5.74, 6) is 0.311. The van der Waals surface area contributed by atoms with Gasteiger partial charge in [0.25, 0.3) is 0 Å². The lowest BCUT2D eigenvalue weighted by molar-refractivity contribution is 0.0924. The van der Waals surface area contributed by atoms with Gasteiger partial charge in [0, 0.05) is 12.6 Å². The molecule has 1 heterocycles. The van der Waals surface area contributed by atoms with Crippen molar-refractivity contribution in [3.8, 4) is 0 Å². The van der Waals surface area contributed by atoms with Crippen LogP contribution in [0.2, 0.25) is 0 Å². The van der Waals surface area contributed by atoms with Crippen LogP contribution in [0.4, 0.5) is 4.79 Å². The summed E-state index contributed by atoms with van der Waals surface area (Å²) in [5, 5.41) is 9.05. The molecule has 2 atom stereocenters. The highest BCUT2D eigenvalue weighted by atomic mass is 16.4. The van der Waals surface area contributed by atoms with Gasteiger partial charge in [-0.25, -0.2) is 4.79 Å². The van der Waals surface area contributed by atoms with Gasteiger partial charge in [-0.15, -0.1) is 0 Å². The van der Waals surface area contributed by atoms with Crippen LogP contribution < -0.4 is 5.73 Å². The van der Waals surface area contributed by atoms with E-state index in [1.807, 2.05) is 0 Å². The van der Waals surface area contributed by atoms with Crippen molar-refractivity contribution in [1.29, 1.82) is 0 Å². The van der Waals surface area contributed by atoms with Crippen molar-refractivity contribution in [2.45, 2.75) is 33.2 Å². The summed E-state index contributed by atoms with van der Waals surface area (Å²) in [5.41, 5.74) is 5.63. The van der Waals surface area contributed by atoms with E-state index in [-0.39, 0.29) is 11.5 Å². The van der Waals surface area contributed by atoms with Crippen molar-refractivity contribution in [2.24, 2.45) is 17.1 Å². The van der Waals surface area contributed by atoms with E-state index in [0.717, 1.165) is 6.42 Å². The molecule has 0 aromatic carbocycles. The monoisotopic (exact) mass is 200 g/mol. The van der Waals surface area contributed by atoms with Crippen molar-refractivity contribution in [1.82, 2.24) is 4.90 Å². The van der Waals surface area contributed by atoms with E-state index in [1.165, 1.54) is 4.90 Å². The second kappa shape index (κ2) is 3.77. The molecule has 1 saturated heterocycles. The summed E-state index contributed by atoms with van der Waals surface area (Å²) in [6.07, 6.45) is 0.0750. The summed E-state index contributed by atoms with van der Waals surface area (Å²) in [7, 11) is 0. The fourth-order valence-electron chi connectivity index (χ4n) is 2.49. The molecule has 3 N–H and O–H groups in total. The number of nitrogens with two attached hydrogens (primary N) is 1. The summed E-state index contributed by atoms with van der Waals surface area (Å²) in [4.78, 5) is 12.5. The largest absolute Gasteiger partial charge is 0.465 e. The van der Waals surface area contributed by atoms with Gasteiger partial charge in [-0.1, -0.05) is 20.8 Å². The van der Waals surface area contributed by atoms with Crippen LogP contribution in [0.15, 0.2) is 0 Å². The number of carboxylic acid groups (broad SMARTS) is 1. The number of amides is 1. The van der Waals surface area contributed by atoms with Crippen molar-refractivity contribution >= 4 is 6.09 Å². The molecule has 4 heteroatoms. The zero-order valence-corrected chi connectivity index (χ0v) is 9.16. The first-order chi connectivity index (χ1) is 6.38. The molecule has 4 nitrogen and oxygen atoms in total. The first kappa shape index (κ1) is 11.3. The maximum absolute atomic E-state index is 11.0. The number of hydrogen-bond donors (Lipinski definition) is 2. The molecular formula is C10H20N2O2. The number of carbonyl (C=O) groups is 1. The van der Waals surface area contributed by atoms with Gasteiger partial charge in [0.1, 0.15) is 0 Å². The predicted molar refractivity (Wildman–Crippen MR) is 55.1 cm³/mol. The lowest BCUT2D eigenvalue weighted by Crippen LogP contribution is -2.46. The second-order valence-corrected chi connectivity index (χ2v) is 5.07. The molecule has 1 aliphatic rings. The molecular weight excluding hydrogens is 180 g/mol. The Morgan fingerprint density at radius 1 is 1.57 bits per heavy atom. The Hall–Kier alpha value is -0.770. The Bertz CT molecular complexity index is 223. The second-order valence-electron chi connectivity index (χ2n) is 5.07. The van der Waals surface area contributed by atoms with Gasteiger partial charge in [0.05, 0.1) is 0 Å². The molecule has 0 radical (unpaired) electrons. The van der Waals surface area contributed by atoms with Gasteiger partial charge in [0.15, 0.2) is 0 Å². The number of rotatable bonds is 1. The molecule has 0 saturated carbocycles. The Kier molecular flexibility index (Phi) is 3.04. The van der Waals surface area contributed by atoms with Crippen LogP contribution in [0.25, 0.3) is 0 Å². The summed E-state index contributed by atoms with van der Waals surface area (Å²) >= 11 is 0. The van der Waals surface area contributed by atoms with Gasteiger partial charge in [-0.3, -0.25) is 0 Å². The molecule has 1 fully saturated rings. The normalized spacial score (nSPS) is 28.1. The van der Waals surface area contributed by atoms with Gasteiger partial charge in [-0.2, -0.15) is 0 Å². The Labute approximate surface area is 85.1 Å². The number of nitrogens with zero attached hydrogens (tertiary/aromatic N) is 1. The van der Waals surface area contributed by atoms with E-state index in [1.54, 1.807) is 0 Å². The lowest BCUT2D eigenvalue weighted by Gasteiger charge is -2.36. The van der Waals surface area contributed by atoms with Crippen molar-refractivity contribution in [3.63, 3.8) is 0 Å². The maximum Gasteiger partial charge on any atom is 0.407 e. The van der Waals surface area contributed by atoms with Crippen molar-refractivity contribution < 1.29 is 9.90 Å². The Morgan fingerprint density at radius 2 is 2.14 bits per heavy atom. The average molecular weight is 200 g/mol. The Morgan fingerprint density at radius 3 is 2.50 bits per heavy atom. The summed E-state index contributed by atoms with van der Waals surface area (Å²) < 4.78 is 0. The number of hydrogen-bond acceptors (Lipinski definition) is 2. The highest BCUT2D eigenvalue weighted by Gasteiger charge is 2.43. The topological polar surface area (TPSA) is 66.6 Å². The van der Waals surface area contributed by atoms with Crippen molar-refractivity contribution in [2.75, 3.05) is 13.1 Å². The van der Waals surface area contributed by atoms with Crippen LogP contribution in [0, 0.1) is 11.3 Å². The van der Waals surface area contributed by atoms with E-state index in [4.69, 9.17) is 10.8 Å². The Balaban J connectivity index is 2.86. The van der Waals surface area contributed by atoms with E-state index in [9.17, 15) is 4.79 Å².